The van der Waals surface area contributed by atoms with E-state index in [9.17, 15) is 4.79 Å². The van der Waals surface area contributed by atoms with Gasteiger partial charge in [0, 0.05) is 5.52 Å². The van der Waals surface area contributed by atoms with Crippen molar-refractivity contribution in [1.29, 1.82) is 0 Å². The first-order valence-electron chi connectivity index (χ1n) is 9.46. The zero-order valence-electron chi connectivity index (χ0n) is 19.3. The van der Waals surface area contributed by atoms with E-state index >= 15 is 0 Å². The molecule has 26 heavy (non-hydrogen) atoms. The largest absolute Gasteiger partial charge is 1.00 e. The van der Waals surface area contributed by atoms with Gasteiger partial charge in [-0.15, -0.1) is 0 Å². The summed E-state index contributed by atoms with van der Waals surface area (Å²) in [4.78, 5) is 13.2. The summed E-state index contributed by atoms with van der Waals surface area (Å²) < 4.78 is 0. The molecule has 0 saturated heterocycles. The van der Waals surface area contributed by atoms with E-state index in [-0.39, 0.29) is 40.6 Å². The van der Waals surface area contributed by atoms with Crippen molar-refractivity contribution in [2.24, 2.45) is 5.92 Å². The predicted molar refractivity (Wildman–Crippen MR) is 113 cm³/mol. The van der Waals surface area contributed by atoms with Crippen LogP contribution in [0, 0.1) is 5.92 Å². The number of benzene rings is 1. The maximum absolute atomic E-state index is 13.2. The fourth-order valence-electron chi connectivity index (χ4n) is 2.83. The molecule has 0 aliphatic heterocycles. The third-order valence-corrected chi connectivity index (χ3v) is 5.86. The van der Waals surface area contributed by atoms with Crippen LogP contribution in [0.4, 0.5) is 0 Å². The van der Waals surface area contributed by atoms with E-state index in [2.05, 4.69) is 88.3 Å². The van der Waals surface area contributed by atoms with E-state index in [4.69, 9.17) is 0 Å². The topological polar surface area (TPSA) is 17.1 Å². The average Bonchev–Trinajstić information content (AvgIpc) is 2.40. The Morgan fingerprint density at radius 2 is 1.23 bits per heavy atom. The molecule has 1 aromatic rings. The third kappa shape index (κ3) is 6.82. The molecule has 0 heterocycles. The second-order valence-electron chi connectivity index (χ2n) is 10.7. The Balaban J connectivity index is 0.00000625. The molecule has 142 valence electrons. The molecule has 1 rings (SSSR count). The van der Waals surface area contributed by atoms with Gasteiger partial charge >= 0.3 is 18.9 Å². The Hall–Kier alpha value is -0.0826. The van der Waals surface area contributed by atoms with Crippen molar-refractivity contribution in [3.8, 4) is 0 Å². The van der Waals surface area contributed by atoms with Gasteiger partial charge in [0.25, 0.3) is 0 Å². The monoisotopic (exact) mass is 368 g/mol. The van der Waals surface area contributed by atoms with E-state index in [1.165, 1.54) is 16.7 Å². The van der Waals surface area contributed by atoms with Crippen molar-refractivity contribution in [3.05, 3.63) is 34.4 Å². The maximum atomic E-state index is 13.2. The van der Waals surface area contributed by atoms with Crippen LogP contribution in [0.15, 0.2) is 12.1 Å². The Morgan fingerprint density at radius 1 is 0.846 bits per heavy atom. The fraction of sp³-hybridized carbons (Fsp3) is 0.696. The van der Waals surface area contributed by atoms with Crippen LogP contribution in [0.25, 0.3) is 0 Å². The van der Waals surface area contributed by atoms with Crippen molar-refractivity contribution in [2.75, 3.05) is 6.16 Å². The third-order valence-electron chi connectivity index (χ3n) is 4.43. The molecule has 3 heteroatoms. The molecule has 0 saturated carbocycles. The summed E-state index contributed by atoms with van der Waals surface area (Å²) in [5.41, 5.74) is 4.92. The van der Waals surface area contributed by atoms with Gasteiger partial charge in [0.15, 0.2) is 0 Å². The minimum Gasteiger partial charge on any atom is -0.459 e. The van der Waals surface area contributed by atoms with Crippen molar-refractivity contribution in [3.63, 3.8) is 0 Å². The first-order chi connectivity index (χ1) is 11.0. The summed E-state index contributed by atoms with van der Waals surface area (Å²) in [6.07, 6.45) is 0.924. The van der Waals surface area contributed by atoms with Crippen molar-refractivity contribution in [1.82, 2.24) is 0 Å². The first kappa shape index (κ1) is 25.9. The molecule has 0 fully saturated rings. The molecule has 1 nitrogen and oxygen atoms in total. The summed E-state index contributed by atoms with van der Waals surface area (Å²) in [5.74, 6) is 0.538. The molecule has 0 spiro atoms. The molecule has 0 unspecified atom stereocenters. The molecular weight excluding hydrogens is 330 g/mol. The van der Waals surface area contributed by atoms with Gasteiger partial charge in [-0.2, -0.15) is 6.16 Å². The van der Waals surface area contributed by atoms with Gasteiger partial charge in [-0.3, -0.25) is 0 Å². The summed E-state index contributed by atoms with van der Waals surface area (Å²) >= 11 is 0. The van der Waals surface area contributed by atoms with Gasteiger partial charge < -0.3 is 13.4 Å². The Morgan fingerprint density at radius 3 is 1.50 bits per heavy atom. The van der Waals surface area contributed by atoms with Gasteiger partial charge in [0.2, 0.25) is 0 Å². The molecule has 0 aliphatic carbocycles. The summed E-state index contributed by atoms with van der Waals surface area (Å²) in [5, 5.41) is 0. The van der Waals surface area contributed by atoms with E-state index in [0.29, 0.717) is 5.92 Å². The van der Waals surface area contributed by atoms with Crippen LogP contribution in [0.3, 0.4) is 0 Å². The Labute approximate surface area is 176 Å². The number of hydrogen-bond acceptors (Lipinski definition) is 1. The van der Waals surface area contributed by atoms with Gasteiger partial charge in [-0.25, -0.2) is 0 Å². The number of carbonyl (C=O) groups excluding carboxylic acids is 1. The van der Waals surface area contributed by atoms with Crippen LogP contribution in [0.5, 0.6) is 0 Å². The molecule has 0 atom stereocenters. The minimum absolute atomic E-state index is 0. The maximum Gasteiger partial charge on any atom is 1.00 e. The molecule has 0 N–H and O–H groups in total. The molecule has 0 aromatic heterocycles. The smallest absolute Gasteiger partial charge is 0.459 e. The first-order valence-corrected chi connectivity index (χ1v) is 10.5. The van der Waals surface area contributed by atoms with Crippen molar-refractivity contribution >= 4 is 14.1 Å². The molecule has 0 aliphatic rings. The second-order valence-corrected chi connectivity index (χ2v) is 11.8. The van der Waals surface area contributed by atoms with E-state index in [1.807, 2.05) is 0 Å². The molecule has 0 amide bonds. The normalized spacial score (nSPS) is 13.4. The molecule has 0 bridgehead atoms. The van der Waals surface area contributed by atoms with Crippen LogP contribution in [0.2, 0.25) is 0 Å². The van der Waals surface area contributed by atoms with Crippen LogP contribution in [-0.4, -0.2) is 11.7 Å². The molecule has 1 aromatic carbocycles. The van der Waals surface area contributed by atoms with E-state index in [0.717, 1.165) is 20.3 Å². The van der Waals surface area contributed by atoms with E-state index in [1.54, 1.807) is 0 Å². The number of rotatable bonds is 4. The standard InChI is InChI=1S/C23H38OP.Li/c1-15(2)14-25-20(24)19-17(22(6,7)8)12-16(21(3,4)5)13-18(19)23(9,10)11;/h12-13,15H,14H2,1-11H3;/q-1;+1. The summed E-state index contributed by atoms with van der Waals surface area (Å²) in [6.45, 7) is 24.4. The minimum atomic E-state index is -0.0559. The van der Waals surface area contributed by atoms with Crippen molar-refractivity contribution < 1.29 is 23.7 Å². The zero-order chi connectivity index (χ0) is 19.8. The van der Waals surface area contributed by atoms with Crippen LogP contribution in [-0.2, 0) is 16.2 Å². The molecular formula is C23H38LiOP. The number of hydrogen-bond donors (Lipinski definition) is 0. The average molecular weight is 368 g/mol. The van der Waals surface area contributed by atoms with Gasteiger partial charge in [-0.05, 0) is 38.5 Å². The molecule has 0 radical (unpaired) electrons. The number of carbonyl (C=O) groups is 1. The Bertz CT molecular complexity index is 590. The zero-order valence-corrected chi connectivity index (χ0v) is 20.2. The SMILES string of the molecule is CC(C)C[P-]C(=O)c1c(C(C)(C)C)cc(C(C)(C)C)cc1C(C)(C)C.[Li+]. The van der Waals surface area contributed by atoms with Crippen molar-refractivity contribution in [2.45, 2.75) is 92.4 Å². The summed E-state index contributed by atoms with van der Waals surface area (Å²) in [6, 6.07) is 4.57. The van der Waals surface area contributed by atoms with Crippen LogP contribution in [0.1, 0.15) is 103 Å². The quantitative estimate of drug-likeness (QED) is 0.571. The van der Waals surface area contributed by atoms with Gasteiger partial charge in [-0.1, -0.05) is 94.2 Å². The summed E-state index contributed by atoms with van der Waals surface area (Å²) in [7, 11) is 0.916. The predicted octanol–water partition coefficient (Wildman–Crippen LogP) is 4.33. The fourth-order valence-corrected chi connectivity index (χ4v) is 3.76. The second kappa shape index (κ2) is 8.95. The van der Waals surface area contributed by atoms with Crippen LogP contribution < -0.4 is 18.9 Å². The Kier molecular flexibility index (Phi) is 8.92. The van der Waals surface area contributed by atoms with Gasteiger partial charge in [0.1, 0.15) is 0 Å². The van der Waals surface area contributed by atoms with E-state index < -0.39 is 0 Å². The van der Waals surface area contributed by atoms with Crippen LogP contribution >= 0.6 is 8.58 Å². The van der Waals surface area contributed by atoms with Gasteiger partial charge in [0.05, 0.1) is 0 Å².